The summed E-state index contributed by atoms with van der Waals surface area (Å²) in [5.41, 5.74) is 0.277. The third-order valence-electron chi connectivity index (χ3n) is 4.96. The lowest BCUT2D eigenvalue weighted by molar-refractivity contribution is -0.147. The molecule has 0 spiro atoms. The van der Waals surface area contributed by atoms with Gasteiger partial charge in [0.25, 0.3) is 0 Å². The number of hydrogen-bond donors (Lipinski definition) is 1. The van der Waals surface area contributed by atoms with Crippen LogP contribution in [0.3, 0.4) is 0 Å². The summed E-state index contributed by atoms with van der Waals surface area (Å²) in [6, 6.07) is 0.255. The van der Waals surface area contributed by atoms with Gasteiger partial charge < -0.3 is 10.1 Å². The summed E-state index contributed by atoms with van der Waals surface area (Å²) in [5.74, 6) is -1.02. The molecule has 124 valence electrons. The second-order valence-corrected chi connectivity index (χ2v) is 6.76. The van der Waals surface area contributed by atoms with Crippen LogP contribution in [0.15, 0.2) is 12.2 Å². The molecule has 4 heteroatoms. The van der Waals surface area contributed by atoms with Crippen LogP contribution < -0.4 is 5.32 Å². The summed E-state index contributed by atoms with van der Waals surface area (Å²) < 4.78 is 5.50. The first-order chi connectivity index (χ1) is 10.6. The summed E-state index contributed by atoms with van der Waals surface area (Å²) in [5, 5.41) is 3.05. The maximum atomic E-state index is 12.3. The minimum atomic E-state index is -0.516. The monoisotopic (exact) mass is 307 g/mol. The first kappa shape index (κ1) is 17.0. The second-order valence-electron chi connectivity index (χ2n) is 6.76. The molecule has 1 unspecified atom stereocenters. The van der Waals surface area contributed by atoms with E-state index >= 15 is 0 Å². The van der Waals surface area contributed by atoms with Crippen molar-refractivity contribution in [2.24, 2.45) is 5.92 Å². The van der Waals surface area contributed by atoms with Crippen molar-refractivity contribution in [3.8, 4) is 0 Å². The van der Waals surface area contributed by atoms with Crippen molar-refractivity contribution in [1.82, 2.24) is 5.32 Å². The molecular weight excluding hydrogens is 278 g/mol. The van der Waals surface area contributed by atoms with Gasteiger partial charge in [0.1, 0.15) is 6.10 Å². The average Bonchev–Trinajstić information content (AvgIpc) is 2.55. The first-order valence-corrected chi connectivity index (χ1v) is 8.78. The third kappa shape index (κ3) is 4.85. The highest BCUT2D eigenvalue weighted by Gasteiger charge is 2.27. The van der Waals surface area contributed by atoms with Gasteiger partial charge in [0.15, 0.2) is 0 Å². The largest absolute Gasteiger partial charge is 0.459 e. The van der Waals surface area contributed by atoms with Crippen molar-refractivity contribution in [2.75, 3.05) is 0 Å². The molecule has 2 aliphatic carbocycles. The maximum Gasteiger partial charge on any atom is 0.334 e. The summed E-state index contributed by atoms with van der Waals surface area (Å²) in [7, 11) is 0. The van der Waals surface area contributed by atoms with E-state index in [4.69, 9.17) is 4.74 Å². The minimum Gasteiger partial charge on any atom is -0.459 e. The lowest BCUT2D eigenvalue weighted by Crippen LogP contribution is -2.40. The highest BCUT2D eigenvalue weighted by Crippen LogP contribution is 2.23. The molecule has 2 saturated carbocycles. The molecule has 0 bridgehead atoms. The number of amides is 1. The van der Waals surface area contributed by atoms with Crippen molar-refractivity contribution in [1.29, 1.82) is 0 Å². The highest BCUT2D eigenvalue weighted by atomic mass is 16.5. The number of nitrogens with one attached hydrogen (secondary N) is 1. The molecule has 0 aromatic heterocycles. The van der Waals surface area contributed by atoms with Gasteiger partial charge in [-0.3, -0.25) is 4.79 Å². The Morgan fingerprint density at radius 1 is 1.00 bits per heavy atom. The van der Waals surface area contributed by atoms with Crippen LogP contribution in [0.1, 0.15) is 71.1 Å². The van der Waals surface area contributed by atoms with Crippen molar-refractivity contribution < 1.29 is 14.3 Å². The van der Waals surface area contributed by atoms with E-state index in [1.807, 2.05) is 0 Å². The molecule has 2 aliphatic rings. The van der Waals surface area contributed by atoms with Gasteiger partial charge in [-0.25, -0.2) is 4.79 Å². The number of rotatable bonds is 5. The van der Waals surface area contributed by atoms with Crippen LogP contribution in [-0.4, -0.2) is 24.0 Å². The number of ether oxygens (including phenoxy) is 1. The fraction of sp³-hybridized carbons (Fsp3) is 0.778. The Balaban J connectivity index is 1.78. The first-order valence-electron chi connectivity index (χ1n) is 8.78. The Hall–Kier alpha value is -1.32. The predicted molar refractivity (Wildman–Crippen MR) is 86.3 cm³/mol. The molecule has 4 nitrogen and oxygen atoms in total. The van der Waals surface area contributed by atoms with Crippen molar-refractivity contribution in [3.05, 3.63) is 12.2 Å². The van der Waals surface area contributed by atoms with Crippen molar-refractivity contribution in [3.63, 3.8) is 0 Å². The SMILES string of the molecule is C=C(C(=O)OC1CCCCC1)C(C)C(=O)NC1CCCCC1. The Morgan fingerprint density at radius 3 is 2.14 bits per heavy atom. The number of esters is 1. The second kappa shape index (κ2) is 8.35. The molecule has 1 N–H and O–H groups in total. The van der Waals surface area contributed by atoms with E-state index in [1.165, 1.54) is 25.7 Å². The fourth-order valence-electron chi connectivity index (χ4n) is 3.32. The number of carbonyl (C=O) groups is 2. The number of carbonyl (C=O) groups excluding carboxylic acids is 2. The number of hydrogen-bond acceptors (Lipinski definition) is 3. The highest BCUT2D eigenvalue weighted by molar-refractivity contribution is 5.96. The molecule has 0 saturated heterocycles. The molecule has 0 radical (unpaired) electrons. The van der Waals surface area contributed by atoms with Crippen molar-refractivity contribution >= 4 is 11.9 Å². The van der Waals surface area contributed by atoms with E-state index in [1.54, 1.807) is 6.92 Å². The molecule has 0 aliphatic heterocycles. The van der Waals surface area contributed by atoms with Crippen LogP contribution in [-0.2, 0) is 14.3 Å². The van der Waals surface area contributed by atoms with Crippen LogP contribution >= 0.6 is 0 Å². The molecule has 0 aromatic rings. The smallest absolute Gasteiger partial charge is 0.334 e. The summed E-state index contributed by atoms with van der Waals surface area (Å²) in [4.78, 5) is 24.4. The fourth-order valence-corrected chi connectivity index (χ4v) is 3.32. The molecule has 22 heavy (non-hydrogen) atoms. The van der Waals surface area contributed by atoms with Gasteiger partial charge in [0.2, 0.25) is 5.91 Å². The molecule has 1 amide bonds. The van der Waals surface area contributed by atoms with E-state index in [0.717, 1.165) is 38.5 Å². The van der Waals surface area contributed by atoms with Gasteiger partial charge >= 0.3 is 5.97 Å². The molecule has 2 fully saturated rings. The van der Waals surface area contributed by atoms with Gasteiger partial charge in [-0.1, -0.05) is 32.3 Å². The van der Waals surface area contributed by atoms with Gasteiger partial charge in [0, 0.05) is 11.6 Å². The zero-order valence-electron chi connectivity index (χ0n) is 13.7. The standard InChI is InChI=1S/C18H29NO3/c1-13(17(20)19-15-9-5-3-6-10-15)14(2)18(21)22-16-11-7-4-8-12-16/h13,15-16H,2-12H2,1H3,(H,19,20). The van der Waals surface area contributed by atoms with E-state index in [9.17, 15) is 9.59 Å². The topological polar surface area (TPSA) is 55.4 Å². The van der Waals surface area contributed by atoms with E-state index in [2.05, 4.69) is 11.9 Å². The van der Waals surface area contributed by atoms with Crippen LogP contribution in [0.2, 0.25) is 0 Å². The third-order valence-corrected chi connectivity index (χ3v) is 4.96. The van der Waals surface area contributed by atoms with Crippen molar-refractivity contribution in [2.45, 2.75) is 83.3 Å². The van der Waals surface area contributed by atoms with E-state index in [-0.39, 0.29) is 23.6 Å². The van der Waals surface area contributed by atoms with Gasteiger partial charge in [0.05, 0.1) is 5.92 Å². The Kier molecular flexibility index (Phi) is 6.47. The lowest BCUT2D eigenvalue weighted by atomic mass is 9.94. The van der Waals surface area contributed by atoms with E-state index < -0.39 is 11.9 Å². The summed E-state index contributed by atoms with van der Waals surface area (Å²) in [6.45, 7) is 5.54. The van der Waals surface area contributed by atoms with Crippen LogP contribution in [0.4, 0.5) is 0 Å². The zero-order chi connectivity index (χ0) is 15.9. The summed E-state index contributed by atoms with van der Waals surface area (Å²) >= 11 is 0. The average molecular weight is 307 g/mol. The Bertz CT molecular complexity index is 407. The van der Waals surface area contributed by atoms with Gasteiger partial charge in [-0.2, -0.15) is 0 Å². The van der Waals surface area contributed by atoms with Crippen LogP contribution in [0.25, 0.3) is 0 Å². The van der Waals surface area contributed by atoms with Crippen LogP contribution in [0.5, 0.6) is 0 Å². The van der Waals surface area contributed by atoms with E-state index in [0.29, 0.717) is 0 Å². The van der Waals surface area contributed by atoms with Gasteiger partial charge in [-0.05, 0) is 45.4 Å². The lowest BCUT2D eigenvalue weighted by Gasteiger charge is -2.26. The van der Waals surface area contributed by atoms with Crippen LogP contribution in [0, 0.1) is 5.92 Å². The molecule has 0 aromatic carbocycles. The molecule has 1 atom stereocenters. The maximum absolute atomic E-state index is 12.3. The predicted octanol–water partition coefficient (Wildman–Crippen LogP) is 3.50. The Morgan fingerprint density at radius 2 is 1.55 bits per heavy atom. The van der Waals surface area contributed by atoms with Gasteiger partial charge in [-0.15, -0.1) is 0 Å². The molecule has 2 rings (SSSR count). The zero-order valence-corrected chi connectivity index (χ0v) is 13.7. The summed E-state index contributed by atoms with van der Waals surface area (Å²) in [6.07, 6.45) is 11.0. The quantitative estimate of drug-likeness (QED) is 0.624. The molecular formula is C18H29NO3. The minimum absolute atomic E-state index is 0.00612. The normalized spacial score (nSPS) is 21.9. The molecule has 0 heterocycles. The Labute approximate surface area is 133 Å².